The summed E-state index contributed by atoms with van der Waals surface area (Å²) in [4.78, 5) is 34.9. The number of aromatic nitrogens is 4. The van der Waals surface area contributed by atoms with Crippen molar-refractivity contribution in [2.24, 2.45) is 7.05 Å². The summed E-state index contributed by atoms with van der Waals surface area (Å²) >= 11 is 0. The zero-order chi connectivity index (χ0) is 17.3. The first-order valence-corrected chi connectivity index (χ1v) is 8.36. The van der Waals surface area contributed by atoms with Crippen LogP contribution >= 0.6 is 0 Å². The first-order valence-electron chi connectivity index (χ1n) is 8.36. The summed E-state index contributed by atoms with van der Waals surface area (Å²) < 4.78 is 8.72. The normalized spacial score (nSPS) is 16.2. The molecule has 1 fully saturated rings. The quantitative estimate of drug-likeness (QED) is 0.604. The van der Waals surface area contributed by atoms with E-state index in [-0.39, 0.29) is 0 Å². The van der Waals surface area contributed by atoms with Gasteiger partial charge in [0.1, 0.15) is 0 Å². The summed E-state index contributed by atoms with van der Waals surface area (Å²) in [5.41, 5.74) is -0.000896. The highest BCUT2D eigenvalue weighted by Gasteiger charge is 2.25. The molecular weight excluding hydrogens is 312 g/mol. The molecular formula is C15H25N6O3+. The van der Waals surface area contributed by atoms with Crippen molar-refractivity contribution in [1.29, 1.82) is 0 Å². The molecule has 3 rings (SSSR count). The van der Waals surface area contributed by atoms with Crippen LogP contribution in [-0.2, 0) is 18.3 Å². The molecule has 1 aliphatic heterocycles. The minimum absolute atomic E-state index is 0.400. The van der Waals surface area contributed by atoms with E-state index < -0.39 is 11.2 Å². The summed E-state index contributed by atoms with van der Waals surface area (Å²) in [6.07, 6.45) is 0. The van der Waals surface area contributed by atoms with Crippen molar-refractivity contribution < 1.29 is 9.64 Å². The van der Waals surface area contributed by atoms with Gasteiger partial charge in [-0.15, -0.1) is 0 Å². The lowest BCUT2D eigenvalue weighted by Gasteiger charge is -2.31. The van der Waals surface area contributed by atoms with Crippen LogP contribution < -0.4 is 21.0 Å². The predicted molar refractivity (Wildman–Crippen MR) is 90.9 cm³/mol. The van der Waals surface area contributed by atoms with E-state index in [2.05, 4.69) is 21.9 Å². The second-order valence-corrected chi connectivity index (χ2v) is 6.20. The fraction of sp³-hybridized carbons (Fsp3) is 0.667. The van der Waals surface area contributed by atoms with E-state index in [4.69, 9.17) is 4.74 Å². The number of imidazole rings is 1. The lowest BCUT2D eigenvalue weighted by molar-refractivity contribution is -0.880. The van der Waals surface area contributed by atoms with Crippen molar-refractivity contribution >= 4 is 17.1 Å². The van der Waals surface area contributed by atoms with Crippen molar-refractivity contribution in [3.63, 3.8) is 0 Å². The maximum absolute atomic E-state index is 12.4. The van der Waals surface area contributed by atoms with Gasteiger partial charge in [-0.2, -0.15) is 4.98 Å². The number of piperazine rings is 1. The van der Waals surface area contributed by atoms with E-state index in [1.165, 1.54) is 9.47 Å². The molecule has 2 N–H and O–H groups in total. The summed E-state index contributed by atoms with van der Waals surface area (Å²) in [5.74, 6) is 0.740. The number of nitrogens with zero attached hydrogens (tertiary/aromatic N) is 4. The van der Waals surface area contributed by atoms with E-state index in [9.17, 15) is 9.59 Å². The third kappa shape index (κ3) is 2.96. The first-order chi connectivity index (χ1) is 11.5. The molecule has 0 spiro atoms. The van der Waals surface area contributed by atoms with Crippen LogP contribution in [0.2, 0.25) is 0 Å². The number of fused-ring (bicyclic) bond motifs is 1. The molecule has 9 nitrogen and oxygen atoms in total. The Balaban J connectivity index is 2.10. The van der Waals surface area contributed by atoms with Crippen molar-refractivity contribution in [3.05, 3.63) is 20.8 Å². The van der Waals surface area contributed by atoms with Crippen LogP contribution in [0, 0.1) is 0 Å². The Morgan fingerprint density at radius 3 is 2.67 bits per heavy atom. The molecule has 9 heteroatoms. The van der Waals surface area contributed by atoms with Crippen molar-refractivity contribution in [2.75, 3.05) is 51.3 Å². The number of hydrogen-bond acceptors (Lipinski definition) is 5. The molecule has 0 unspecified atom stereocenters. The van der Waals surface area contributed by atoms with Crippen molar-refractivity contribution in [3.8, 4) is 0 Å². The first kappa shape index (κ1) is 16.7. The average Bonchev–Trinajstić information content (AvgIpc) is 2.94. The van der Waals surface area contributed by atoms with Gasteiger partial charge in [0.15, 0.2) is 11.2 Å². The number of H-pyrrole nitrogens is 1. The topological polar surface area (TPSA) is 89.6 Å². The van der Waals surface area contributed by atoms with Crippen LogP contribution in [-0.4, -0.2) is 65.5 Å². The number of hydrogen-bond donors (Lipinski definition) is 2. The molecule has 0 atom stereocenters. The highest BCUT2D eigenvalue weighted by molar-refractivity contribution is 5.74. The molecule has 1 aliphatic rings. The maximum Gasteiger partial charge on any atom is 0.329 e. The molecule has 0 amide bonds. The fourth-order valence-electron chi connectivity index (χ4n) is 3.06. The smallest absolute Gasteiger partial charge is 0.329 e. The number of ether oxygens (including phenoxy) is 1. The lowest BCUT2D eigenvalue weighted by Crippen LogP contribution is -3.12. The number of aryl methyl sites for hydroxylation is 1. The minimum Gasteiger partial charge on any atom is -0.380 e. The van der Waals surface area contributed by atoms with Crippen LogP contribution in [0.1, 0.15) is 6.92 Å². The molecule has 24 heavy (non-hydrogen) atoms. The Bertz CT molecular complexity index is 828. The molecule has 2 aromatic rings. The number of anilines is 1. The maximum atomic E-state index is 12.4. The number of aromatic amines is 1. The Kier molecular flexibility index (Phi) is 4.72. The van der Waals surface area contributed by atoms with E-state index >= 15 is 0 Å². The minimum atomic E-state index is -0.448. The molecule has 0 aliphatic carbocycles. The zero-order valence-electron chi connectivity index (χ0n) is 14.5. The van der Waals surface area contributed by atoms with E-state index in [0.29, 0.717) is 30.9 Å². The van der Waals surface area contributed by atoms with Gasteiger partial charge in [0, 0.05) is 20.2 Å². The summed E-state index contributed by atoms with van der Waals surface area (Å²) in [7, 11) is 3.79. The second kappa shape index (κ2) is 6.78. The zero-order valence-corrected chi connectivity index (χ0v) is 14.5. The van der Waals surface area contributed by atoms with Gasteiger partial charge in [-0.05, 0) is 6.92 Å². The van der Waals surface area contributed by atoms with E-state index in [0.717, 1.165) is 32.1 Å². The van der Waals surface area contributed by atoms with Gasteiger partial charge in [0.05, 0.1) is 39.8 Å². The molecule has 0 bridgehead atoms. The van der Waals surface area contributed by atoms with Gasteiger partial charge in [-0.1, -0.05) is 0 Å². The largest absolute Gasteiger partial charge is 0.380 e. The predicted octanol–water partition coefficient (Wildman–Crippen LogP) is -2.21. The van der Waals surface area contributed by atoms with Gasteiger partial charge in [-0.3, -0.25) is 14.3 Å². The molecule has 2 aromatic heterocycles. The van der Waals surface area contributed by atoms with Crippen LogP contribution in [0.4, 0.5) is 5.95 Å². The second-order valence-electron chi connectivity index (χ2n) is 6.20. The van der Waals surface area contributed by atoms with Crippen molar-refractivity contribution in [1.82, 2.24) is 19.1 Å². The van der Waals surface area contributed by atoms with Gasteiger partial charge in [0.25, 0.3) is 5.56 Å². The van der Waals surface area contributed by atoms with E-state index in [1.807, 2.05) is 11.5 Å². The summed E-state index contributed by atoms with van der Waals surface area (Å²) in [5, 5.41) is 0. The monoisotopic (exact) mass is 337 g/mol. The third-order valence-corrected chi connectivity index (χ3v) is 4.55. The van der Waals surface area contributed by atoms with Crippen LogP contribution in [0.3, 0.4) is 0 Å². The third-order valence-electron chi connectivity index (χ3n) is 4.55. The Labute approximate surface area is 139 Å². The van der Waals surface area contributed by atoms with Gasteiger partial charge < -0.3 is 19.1 Å². The molecule has 3 heterocycles. The van der Waals surface area contributed by atoms with Gasteiger partial charge in [-0.25, -0.2) is 4.79 Å². The molecule has 0 saturated carbocycles. The number of quaternary nitrogens is 1. The van der Waals surface area contributed by atoms with Gasteiger partial charge in [0.2, 0.25) is 5.95 Å². The Hall–Kier alpha value is -2.13. The molecule has 132 valence electrons. The fourth-order valence-corrected chi connectivity index (χ4v) is 3.06. The summed E-state index contributed by atoms with van der Waals surface area (Å²) in [6.45, 7) is 7.36. The Morgan fingerprint density at radius 1 is 1.29 bits per heavy atom. The molecule has 0 radical (unpaired) electrons. The standard InChI is InChI=1S/C15H24N6O3/c1-4-24-10-9-21-11-12(19(3)15(23)17-13(11)22)16-14(21)20-7-5-18(2)6-8-20/h4-10H2,1-3H3,(H,17,22,23)/p+1. The Morgan fingerprint density at radius 2 is 2.00 bits per heavy atom. The number of rotatable bonds is 5. The highest BCUT2D eigenvalue weighted by atomic mass is 16.5. The van der Waals surface area contributed by atoms with Crippen LogP contribution in [0.25, 0.3) is 11.2 Å². The van der Waals surface area contributed by atoms with Gasteiger partial charge >= 0.3 is 5.69 Å². The van der Waals surface area contributed by atoms with Crippen LogP contribution in [0.5, 0.6) is 0 Å². The highest BCUT2D eigenvalue weighted by Crippen LogP contribution is 2.19. The summed E-state index contributed by atoms with van der Waals surface area (Å²) in [6, 6.07) is 0. The lowest BCUT2D eigenvalue weighted by atomic mass is 10.3. The van der Waals surface area contributed by atoms with Crippen molar-refractivity contribution in [2.45, 2.75) is 13.5 Å². The number of nitrogens with one attached hydrogen (secondary N) is 2. The average molecular weight is 337 g/mol. The van der Waals surface area contributed by atoms with Crippen LogP contribution in [0.15, 0.2) is 9.59 Å². The SMILES string of the molecule is CCOCCn1c(N2CC[NH+](C)CC2)nc2c1c(=O)[nH]c(=O)n2C. The molecule has 1 saturated heterocycles. The number of likely N-dealkylation sites (N-methyl/N-ethyl adjacent to an activating group) is 1. The molecule has 0 aromatic carbocycles. The van der Waals surface area contributed by atoms with E-state index in [1.54, 1.807) is 7.05 Å².